The Kier molecular flexibility index (Phi) is 3.86. The third-order valence-electron chi connectivity index (χ3n) is 2.60. The number of nitrogens with zero attached hydrogens (tertiary/aromatic N) is 2. The number of rotatable bonds is 4. The number of aliphatic hydroxyl groups is 1. The largest absolute Gasteiger partial charge is 0.386 e. The zero-order valence-corrected chi connectivity index (χ0v) is 10.9. The maximum atomic E-state index is 10.1. The van der Waals surface area contributed by atoms with Crippen molar-refractivity contribution in [2.24, 2.45) is 0 Å². The van der Waals surface area contributed by atoms with Crippen molar-refractivity contribution in [3.8, 4) is 0 Å². The molecule has 2 aromatic heterocycles. The Morgan fingerprint density at radius 3 is 2.59 bits per heavy atom. The van der Waals surface area contributed by atoms with Gasteiger partial charge in [-0.05, 0) is 25.5 Å². The van der Waals surface area contributed by atoms with E-state index < -0.39 is 6.10 Å². The Bertz CT molecular complexity index is 478. The average molecular weight is 248 g/mol. The molecule has 1 unspecified atom stereocenters. The molecule has 0 amide bonds. The van der Waals surface area contributed by atoms with E-state index in [9.17, 15) is 5.11 Å². The van der Waals surface area contributed by atoms with Gasteiger partial charge in [-0.2, -0.15) is 0 Å². The maximum absolute atomic E-state index is 10.1. The van der Waals surface area contributed by atoms with Crippen LogP contribution in [0.4, 0.5) is 0 Å². The first-order valence-electron chi connectivity index (χ1n) is 5.73. The molecule has 0 spiro atoms. The van der Waals surface area contributed by atoms with Gasteiger partial charge in [0.15, 0.2) is 0 Å². The molecular weight excluding hydrogens is 232 g/mol. The average Bonchev–Trinajstić information content (AvgIpc) is 2.77. The van der Waals surface area contributed by atoms with Crippen molar-refractivity contribution in [3.63, 3.8) is 0 Å². The Balaban J connectivity index is 2.05. The summed E-state index contributed by atoms with van der Waals surface area (Å²) in [4.78, 5) is 10.9. The molecule has 2 heterocycles. The van der Waals surface area contributed by atoms with Gasteiger partial charge in [0.25, 0.3) is 0 Å². The first-order chi connectivity index (χ1) is 8.19. The van der Waals surface area contributed by atoms with Crippen molar-refractivity contribution in [1.82, 2.24) is 9.97 Å². The van der Waals surface area contributed by atoms with Crippen LogP contribution in [0.2, 0.25) is 0 Å². The second kappa shape index (κ2) is 5.38. The molecule has 90 valence electrons. The van der Waals surface area contributed by atoms with Crippen LogP contribution in [0.15, 0.2) is 24.5 Å². The molecule has 0 bridgehead atoms. The van der Waals surface area contributed by atoms with E-state index in [0.717, 1.165) is 12.1 Å². The van der Waals surface area contributed by atoms with Crippen molar-refractivity contribution in [3.05, 3.63) is 45.7 Å². The van der Waals surface area contributed by atoms with Crippen LogP contribution in [-0.2, 0) is 12.8 Å². The van der Waals surface area contributed by atoms with Crippen LogP contribution < -0.4 is 0 Å². The minimum absolute atomic E-state index is 0.563. The van der Waals surface area contributed by atoms with E-state index in [2.05, 4.69) is 29.0 Å². The fraction of sp³-hybridized carbons (Fsp3) is 0.385. The quantitative estimate of drug-likeness (QED) is 0.905. The highest BCUT2D eigenvalue weighted by Gasteiger charge is 2.11. The third-order valence-corrected chi connectivity index (χ3v) is 3.85. The van der Waals surface area contributed by atoms with Crippen LogP contribution in [0, 0.1) is 6.92 Å². The van der Waals surface area contributed by atoms with Gasteiger partial charge in [0.2, 0.25) is 0 Å². The van der Waals surface area contributed by atoms with Crippen molar-refractivity contribution >= 4 is 11.3 Å². The molecule has 2 rings (SSSR count). The predicted octanol–water partition coefficient (Wildman–Crippen LogP) is 2.69. The molecule has 0 fully saturated rings. The minimum Gasteiger partial charge on any atom is -0.386 e. The molecule has 1 N–H and O–H groups in total. The van der Waals surface area contributed by atoms with Crippen molar-refractivity contribution in [1.29, 1.82) is 0 Å². The lowest BCUT2D eigenvalue weighted by molar-refractivity contribution is 0.174. The number of thiophene rings is 1. The molecule has 1 atom stereocenters. The molecule has 17 heavy (non-hydrogen) atoms. The zero-order chi connectivity index (χ0) is 12.3. The molecule has 0 saturated carbocycles. The van der Waals surface area contributed by atoms with E-state index in [4.69, 9.17) is 0 Å². The van der Waals surface area contributed by atoms with Gasteiger partial charge in [0, 0.05) is 22.4 Å². The number of aryl methyl sites for hydroxylation is 2. The van der Waals surface area contributed by atoms with Crippen molar-refractivity contribution in [2.45, 2.75) is 32.8 Å². The maximum Gasteiger partial charge on any atom is 0.102 e. The molecule has 4 heteroatoms. The van der Waals surface area contributed by atoms with Gasteiger partial charge < -0.3 is 5.11 Å². The van der Waals surface area contributed by atoms with E-state index in [1.807, 2.05) is 6.92 Å². The topological polar surface area (TPSA) is 46.0 Å². The Morgan fingerprint density at radius 2 is 2.00 bits per heavy atom. The van der Waals surface area contributed by atoms with E-state index in [-0.39, 0.29) is 0 Å². The number of hydrogen-bond donors (Lipinski definition) is 1. The van der Waals surface area contributed by atoms with Gasteiger partial charge >= 0.3 is 0 Å². The molecule has 0 aliphatic carbocycles. The summed E-state index contributed by atoms with van der Waals surface area (Å²) in [5, 5.41) is 10.1. The highest BCUT2D eigenvalue weighted by atomic mass is 32.1. The molecule has 0 aromatic carbocycles. The molecule has 0 radical (unpaired) electrons. The highest BCUT2D eigenvalue weighted by Crippen LogP contribution is 2.22. The standard InChI is InChI=1S/C13H16N2OS/c1-3-10-4-5-11(17-10)6-13(16)12-8-14-9(2)7-15-12/h4-5,7-8,13,16H,3,6H2,1-2H3. The fourth-order valence-corrected chi connectivity index (χ4v) is 2.59. The lowest BCUT2D eigenvalue weighted by Gasteiger charge is -2.08. The summed E-state index contributed by atoms with van der Waals surface area (Å²) in [6.07, 6.45) is 4.43. The molecule has 0 saturated heterocycles. The summed E-state index contributed by atoms with van der Waals surface area (Å²) in [7, 11) is 0. The summed E-state index contributed by atoms with van der Waals surface area (Å²) in [6.45, 7) is 4.02. The Morgan fingerprint density at radius 1 is 1.24 bits per heavy atom. The molecule has 0 aliphatic heterocycles. The fourth-order valence-electron chi connectivity index (χ4n) is 1.59. The van der Waals surface area contributed by atoms with Crippen LogP contribution in [-0.4, -0.2) is 15.1 Å². The van der Waals surface area contributed by atoms with Gasteiger partial charge in [0.05, 0.1) is 17.6 Å². The summed E-state index contributed by atoms with van der Waals surface area (Å²) in [5.41, 5.74) is 1.51. The highest BCUT2D eigenvalue weighted by molar-refractivity contribution is 7.11. The predicted molar refractivity (Wildman–Crippen MR) is 69.1 cm³/mol. The van der Waals surface area contributed by atoms with E-state index in [1.165, 1.54) is 9.75 Å². The summed E-state index contributed by atoms with van der Waals surface area (Å²) in [6, 6.07) is 4.20. The second-order valence-electron chi connectivity index (χ2n) is 4.02. The lowest BCUT2D eigenvalue weighted by atomic mass is 10.1. The normalized spacial score (nSPS) is 12.6. The molecule has 2 aromatic rings. The van der Waals surface area contributed by atoms with Gasteiger partial charge in [0.1, 0.15) is 6.10 Å². The summed E-state index contributed by atoms with van der Waals surface area (Å²) in [5.74, 6) is 0. The van der Waals surface area contributed by atoms with Gasteiger partial charge in [-0.3, -0.25) is 9.97 Å². The molecular formula is C13H16N2OS. The van der Waals surface area contributed by atoms with Crippen LogP contribution >= 0.6 is 11.3 Å². The van der Waals surface area contributed by atoms with E-state index >= 15 is 0 Å². The van der Waals surface area contributed by atoms with Crippen LogP contribution in [0.5, 0.6) is 0 Å². The smallest absolute Gasteiger partial charge is 0.102 e. The summed E-state index contributed by atoms with van der Waals surface area (Å²) >= 11 is 1.75. The first-order valence-corrected chi connectivity index (χ1v) is 6.55. The SMILES string of the molecule is CCc1ccc(CC(O)c2cnc(C)cn2)s1. The minimum atomic E-state index is -0.563. The summed E-state index contributed by atoms with van der Waals surface area (Å²) < 4.78 is 0. The van der Waals surface area contributed by atoms with E-state index in [0.29, 0.717) is 12.1 Å². The third kappa shape index (κ3) is 3.11. The lowest BCUT2D eigenvalue weighted by Crippen LogP contribution is -2.04. The molecule has 0 aliphatic rings. The van der Waals surface area contributed by atoms with E-state index in [1.54, 1.807) is 23.7 Å². The number of aromatic nitrogens is 2. The zero-order valence-electron chi connectivity index (χ0n) is 10.1. The first kappa shape index (κ1) is 12.2. The second-order valence-corrected chi connectivity index (χ2v) is 5.28. The van der Waals surface area contributed by atoms with Crippen LogP contribution in [0.3, 0.4) is 0 Å². The van der Waals surface area contributed by atoms with Crippen LogP contribution in [0.1, 0.15) is 34.2 Å². The van der Waals surface area contributed by atoms with Gasteiger partial charge in [-0.15, -0.1) is 11.3 Å². The Labute approximate surface area is 105 Å². The Hall–Kier alpha value is -1.26. The monoisotopic (exact) mass is 248 g/mol. The van der Waals surface area contributed by atoms with Crippen molar-refractivity contribution < 1.29 is 5.11 Å². The number of hydrogen-bond acceptors (Lipinski definition) is 4. The number of aliphatic hydroxyl groups excluding tert-OH is 1. The van der Waals surface area contributed by atoms with Gasteiger partial charge in [-0.1, -0.05) is 6.92 Å². The molecule has 3 nitrogen and oxygen atoms in total. The van der Waals surface area contributed by atoms with Gasteiger partial charge in [-0.25, -0.2) is 0 Å². The van der Waals surface area contributed by atoms with Crippen molar-refractivity contribution in [2.75, 3.05) is 0 Å². The van der Waals surface area contributed by atoms with Crippen LogP contribution in [0.25, 0.3) is 0 Å².